The van der Waals surface area contributed by atoms with Crippen molar-refractivity contribution in [2.24, 2.45) is 0 Å². The van der Waals surface area contributed by atoms with Crippen LogP contribution in [0.5, 0.6) is 0 Å². The van der Waals surface area contributed by atoms with E-state index >= 15 is 0 Å². The minimum atomic E-state index is 0.457. The maximum absolute atomic E-state index is 11.0. The molecule has 1 fully saturated rings. The van der Waals surface area contributed by atoms with Gasteiger partial charge in [0.15, 0.2) is 6.29 Å². The van der Waals surface area contributed by atoms with E-state index in [9.17, 15) is 4.79 Å². The lowest BCUT2D eigenvalue weighted by molar-refractivity contribution is 0.112. The largest absolute Gasteiger partial charge is 0.308 e. The highest BCUT2D eigenvalue weighted by Gasteiger charge is 2.31. The van der Waals surface area contributed by atoms with Gasteiger partial charge < -0.3 is 4.90 Å². The second-order valence-electron chi connectivity index (χ2n) is 4.51. The van der Waals surface area contributed by atoms with Gasteiger partial charge in [-0.1, -0.05) is 11.6 Å². The Bertz CT molecular complexity index is 396. The van der Waals surface area contributed by atoms with Crippen LogP contribution in [0.1, 0.15) is 34.8 Å². The summed E-state index contributed by atoms with van der Waals surface area (Å²) < 4.78 is 1.74. The van der Waals surface area contributed by atoms with Crippen LogP contribution in [-0.2, 0) is 6.54 Å². The molecule has 1 saturated carbocycles. The second kappa shape index (κ2) is 4.55. The van der Waals surface area contributed by atoms with Gasteiger partial charge in [-0.15, -0.1) is 0 Å². The molecule has 0 bridgehead atoms. The molecule has 0 aliphatic heterocycles. The van der Waals surface area contributed by atoms with Gasteiger partial charge in [-0.25, -0.2) is 0 Å². The lowest BCUT2D eigenvalue weighted by Crippen LogP contribution is -2.19. The van der Waals surface area contributed by atoms with Gasteiger partial charge in [0, 0.05) is 12.5 Å². The third-order valence-corrected chi connectivity index (χ3v) is 3.19. The Hall–Kier alpha value is -0.870. The number of hydrogen-bond donors (Lipinski definition) is 0. The maximum atomic E-state index is 11.0. The number of rotatable bonds is 5. The SMILES string of the molecule is CN(C)CCn1nc(C2CC2)c(C=O)c1Cl. The first-order valence-corrected chi connectivity index (χ1v) is 5.87. The topological polar surface area (TPSA) is 38.1 Å². The van der Waals surface area contributed by atoms with E-state index in [1.165, 1.54) is 0 Å². The van der Waals surface area contributed by atoms with Crippen molar-refractivity contribution in [2.75, 3.05) is 20.6 Å². The lowest BCUT2D eigenvalue weighted by atomic mass is 10.2. The minimum Gasteiger partial charge on any atom is -0.308 e. The Kier molecular flexibility index (Phi) is 3.30. The first-order chi connectivity index (χ1) is 7.63. The van der Waals surface area contributed by atoms with Crippen LogP contribution >= 0.6 is 11.6 Å². The van der Waals surface area contributed by atoms with E-state index in [1.807, 2.05) is 14.1 Å². The van der Waals surface area contributed by atoms with Crippen molar-refractivity contribution < 1.29 is 4.79 Å². The lowest BCUT2D eigenvalue weighted by Gasteiger charge is -2.09. The molecule has 0 spiro atoms. The van der Waals surface area contributed by atoms with E-state index in [1.54, 1.807) is 4.68 Å². The number of carbonyl (C=O) groups is 1. The van der Waals surface area contributed by atoms with E-state index in [2.05, 4.69) is 10.00 Å². The predicted molar refractivity (Wildman–Crippen MR) is 63.2 cm³/mol. The van der Waals surface area contributed by atoms with Gasteiger partial charge in [0.1, 0.15) is 5.15 Å². The summed E-state index contributed by atoms with van der Waals surface area (Å²) in [4.78, 5) is 13.0. The zero-order valence-corrected chi connectivity index (χ0v) is 10.4. The normalized spacial score (nSPS) is 15.8. The molecule has 2 rings (SSSR count). The maximum Gasteiger partial charge on any atom is 0.155 e. The fourth-order valence-electron chi connectivity index (χ4n) is 1.68. The van der Waals surface area contributed by atoms with Gasteiger partial charge in [0.25, 0.3) is 0 Å². The summed E-state index contributed by atoms with van der Waals surface area (Å²) in [6, 6.07) is 0. The molecule has 88 valence electrons. The Balaban J connectivity index is 2.21. The van der Waals surface area contributed by atoms with Gasteiger partial charge in [0.05, 0.1) is 17.8 Å². The summed E-state index contributed by atoms with van der Waals surface area (Å²) in [6.07, 6.45) is 3.08. The first-order valence-electron chi connectivity index (χ1n) is 5.49. The van der Waals surface area contributed by atoms with Crippen LogP contribution in [0, 0.1) is 0 Å². The Labute approximate surface area is 100 Å². The zero-order valence-electron chi connectivity index (χ0n) is 9.61. The molecular formula is C11H16ClN3O. The van der Waals surface area contributed by atoms with Gasteiger partial charge in [-0.2, -0.15) is 5.10 Å². The van der Waals surface area contributed by atoms with E-state index in [0.29, 0.717) is 16.6 Å². The van der Waals surface area contributed by atoms with Crippen molar-refractivity contribution in [2.45, 2.75) is 25.3 Å². The number of carbonyl (C=O) groups excluding carboxylic acids is 1. The third kappa shape index (κ3) is 2.28. The summed E-state index contributed by atoms with van der Waals surface area (Å²) in [5, 5.41) is 4.93. The number of aromatic nitrogens is 2. The first kappa shape index (κ1) is 11.6. The molecule has 0 saturated heterocycles. The van der Waals surface area contributed by atoms with Crippen molar-refractivity contribution in [3.05, 3.63) is 16.4 Å². The van der Waals surface area contributed by atoms with Crippen LogP contribution in [0.2, 0.25) is 5.15 Å². The molecule has 0 radical (unpaired) electrons. The third-order valence-electron chi connectivity index (χ3n) is 2.79. The van der Waals surface area contributed by atoms with E-state index in [0.717, 1.165) is 37.9 Å². The Morgan fingerprint density at radius 3 is 2.75 bits per heavy atom. The highest BCUT2D eigenvalue weighted by molar-refractivity contribution is 6.32. The molecule has 0 aromatic carbocycles. The molecule has 1 aromatic rings. The van der Waals surface area contributed by atoms with E-state index < -0.39 is 0 Å². The summed E-state index contributed by atoms with van der Waals surface area (Å²) >= 11 is 6.14. The minimum absolute atomic E-state index is 0.457. The predicted octanol–water partition coefficient (Wildman–Crippen LogP) is 1.79. The van der Waals surface area contributed by atoms with Crippen LogP contribution < -0.4 is 0 Å². The summed E-state index contributed by atoms with van der Waals surface area (Å²) in [5.74, 6) is 0.457. The van der Waals surface area contributed by atoms with Gasteiger partial charge in [-0.05, 0) is 26.9 Å². The molecule has 16 heavy (non-hydrogen) atoms. The van der Waals surface area contributed by atoms with Crippen molar-refractivity contribution in [3.63, 3.8) is 0 Å². The van der Waals surface area contributed by atoms with Crippen molar-refractivity contribution in [1.29, 1.82) is 0 Å². The molecule has 1 aromatic heterocycles. The Morgan fingerprint density at radius 2 is 2.25 bits per heavy atom. The second-order valence-corrected chi connectivity index (χ2v) is 4.87. The number of aldehydes is 1. The van der Waals surface area contributed by atoms with Gasteiger partial charge in [0.2, 0.25) is 0 Å². The summed E-state index contributed by atoms with van der Waals surface area (Å²) in [7, 11) is 4.00. The zero-order chi connectivity index (χ0) is 11.7. The molecule has 1 aliphatic carbocycles. The molecule has 4 nitrogen and oxygen atoms in total. The summed E-state index contributed by atoms with van der Waals surface area (Å²) in [5.41, 5.74) is 1.47. The molecule has 0 amide bonds. The summed E-state index contributed by atoms with van der Waals surface area (Å²) in [6.45, 7) is 1.59. The van der Waals surface area contributed by atoms with Crippen LogP contribution in [-0.4, -0.2) is 41.6 Å². The molecule has 0 N–H and O–H groups in total. The van der Waals surface area contributed by atoms with Gasteiger partial charge >= 0.3 is 0 Å². The highest BCUT2D eigenvalue weighted by atomic mass is 35.5. The van der Waals surface area contributed by atoms with Crippen LogP contribution in [0.3, 0.4) is 0 Å². The van der Waals surface area contributed by atoms with Crippen molar-refractivity contribution in [3.8, 4) is 0 Å². The van der Waals surface area contributed by atoms with Crippen LogP contribution in [0.25, 0.3) is 0 Å². The smallest absolute Gasteiger partial charge is 0.155 e. The molecule has 0 atom stereocenters. The van der Waals surface area contributed by atoms with Gasteiger partial charge in [-0.3, -0.25) is 9.48 Å². The van der Waals surface area contributed by atoms with Crippen LogP contribution in [0.15, 0.2) is 0 Å². The molecule has 5 heteroatoms. The quantitative estimate of drug-likeness (QED) is 0.738. The van der Waals surface area contributed by atoms with Crippen LogP contribution in [0.4, 0.5) is 0 Å². The average molecular weight is 242 g/mol. The molecule has 1 aliphatic rings. The fourth-order valence-corrected chi connectivity index (χ4v) is 1.95. The van der Waals surface area contributed by atoms with E-state index in [4.69, 9.17) is 11.6 Å². The van der Waals surface area contributed by atoms with E-state index in [-0.39, 0.29) is 0 Å². The number of hydrogen-bond acceptors (Lipinski definition) is 3. The average Bonchev–Trinajstić information content (AvgIpc) is 3.01. The monoisotopic (exact) mass is 241 g/mol. The standard InChI is InChI=1S/C11H16ClN3O/c1-14(2)5-6-15-11(12)9(7-16)10(13-15)8-3-4-8/h7-8H,3-6H2,1-2H3. The molecular weight excluding hydrogens is 226 g/mol. The Morgan fingerprint density at radius 1 is 1.56 bits per heavy atom. The molecule has 0 unspecified atom stereocenters. The number of halogens is 1. The number of nitrogens with zero attached hydrogens (tertiary/aromatic N) is 3. The molecule has 1 heterocycles. The van der Waals surface area contributed by atoms with Crippen molar-refractivity contribution in [1.82, 2.24) is 14.7 Å². The highest BCUT2D eigenvalue weighted by Crippen LogP contribution is 2.41. The van der Waals surface area contributed by atoms with Crippen molar-refractivity contribution >= 4 is 17.9 Å². The fraction of sp³-hybridized carbons (Fsp3) is 0.636. The number of likely N-dealkylation sites (N-methyl/N-ethyl adjacent to an activating group) is 1.